The lowest BCUT2D eigenvalue weighted by atomic mass is 10.0. The zero-order chi connectivity index (χ0) is 19.8. The molecular weight excluding hydrogens is 378 g/mol. The number of primary amides is 1. The number of rotatable bonds is 5. The summed E-state index contributed by atoms with van der Waals surface area (Å²) in [6.07, 6.45) is 0.735. The number of nitrogens with zero attached hydrogens (tertiary/aromatic N) is 1. The van der Waals surface area contributed by atoms with Crippen LogP contribution in [0.25, 0.3) is 11.0 Å². The van der Waals surface area contributed by atoms with E-state index in [1.165, 1.54) is 11.3 Å². The van der Waals surface area contributed by atoms with Crippen molar-refractivity contribution in [1.29, 1.82) is 0 Å². The van der Waals surface area contributed by atoms with E-state index in [4.69, 9.17) is 14.9 Å². The van der Waals surface area contributed by atoms with Crippen molar-refractivity contribution in [2.45, 2.75) is 19.9 Å². The summed E-state index contributed by atoms with van der Waals surface area (Å²) in [6.45, 7) is 3.97. The highest BCUT2D eigenvalue weighted by atomic mass is 32.1. The van der Waals surface area contributed by atoms with Gasteiger partial charge in [0, 0.05) is 23.4 Å². The van der Waals surface area contributed by atoms with Gasteiger partial charge in [0.2, 0.25) is 0 Å². The molecule has 3 N–H and O–H groups in total. The van der Waals surface area contributed by atoms with Crippen molar-refractivity contribution in [2.24, 2.45) is 5.73 Å². The number of benzene rings is 1. The Hall–Kier alpha value is -2.84. The third-order valence-electron chi connectivity index (χ3n) is 4.75. The molecule has 0 saturated carbocycles. The van der Waals surface area contributed by atoms with E-state index in [2.05, 4.69) is 10.2 Å². The Morgan fingerprint density at radius 1 is 1.39 bits per heavy atom. The van der Waals surface area contributed by atoms with Crippen LogP contribution in [-0.4, -0.2) is 36.9 Å². The summed E-state index contributed by atoms with van der Waals surface area (Å²) >= 11 is 1.39. The minimum Gasteiger partial charge on any atom is -0.490 e. The fraction of sp³-hybridized carbons (Fsp3) is 0.300. The van der Waals surface area contributed by atoms with Gasteiger partial charge in [0.15, 0.2) is 17.1 Å². The first-order valence-corrected chi connectivity index (χ1v) is 9.89. The molecule has 3 heterocycles. The van der Waals surface area contributed by atoms with Crippen LogP contribution in [0.3, 0.4) is 0 Å². The topological polar surface area (TPSA) is 97.8 Å². The van der Waals surface area contributed by atoms with Crippen molar-refractivity contribution >= 4 is 39.1 Å². The number of anilines is 1. The molecule has 146 valence electrons. The van der Waals surface area contributed by atoms with Crippen molar-refractivity contribution in [2.75, 3.05) is 25.5 Å². The molecule has 1 aliphatic heterocycles. The summed E-state index contributed by atoms with van der Waals surface area (Å²) < 4.78 is 11.3. The molecule has 2 amide bonds. The number of carbonyl (C=O) groups excluding carboxylic acids is 2. The summed E-state index contributed by atoms with van der Waals surface area (Å²) in [5.74, 6) is -0.207. The van der Waals surface area contributed by atoms with Gasteiger partial charge in [-0.3, -0.25) is 9.59 Å². The smallest absolute Gasteiger partial charge is 0.292 e. The first-order chi connectivity index (χ1) is 13.5. The molecule has 8 heteroatoms. The van der Waals surface area contributed by atoms with E-state index in [1.54, 1.807) is 12.1 Å². The Balaban J connectivity index is 1.66. The lowest BCUT2D eigenvalue weighted by Crippen LogP contribution is -2.27. The normalized spacial score (nSPS) is 14.1. The van der Waals surface area contributed by atoms with Crippen LogP contribution in [0.5, 0.6) is 5.75 Å². The van der Waals surface area contributed by atoms with Gasteiger partial charge in [0.05, 0.1) is 12.2 Å². The molecule has 28 heavy (non-hydrogen) atoms. The number of para-hydroxylation sites is 1. The van der Waals surface area contributed by atoms with E-state index < -0.39 is 11.8 Å². The van der Waals surface area contributed by atoms with Crippen molar-refractivity contribution in [1.82, 2.24) is 4.90 Å². The molecule has 0 aliphatic carbocycles. The lowest BCUT2D eigenvalue weighted by Gasteiger charge is -2.22. The number of hydrogen-bond donors (Lipinski definition) is 2. The number of nitrogens with two attached hydrogens (primary N) is 1. The number of nitrogens with one attached hydrogen (secondary N) is 1. The average Bonchev–Trinajstić information content (AvgIpc) is 3.23. The predicted molar refractivity (Wildman–Crippen MR) is 108 cm³/mol. The fourth-order valence-electron chi connectivity index (χ4n) is 3.46. The minimum atomic E-state index is -0.527. The van der Waals surface area contributed by atoms with Crippen LogP contribution in [-0.2, 0) is 13.0 Å². The van der Waals surface area contributed by atoms with E-state index in [1.807, 2.05) is 26.1 Å². The van der Waals surface area contributed by atoms with Crippen LogP contribution in [0.1, 0.15) is 38.3 Å². The van der Waals surface area contributed by atoms with E-state index in [0.29, 0.717) is 28.5 Å². The van der Waals surface area contributed by atoms with Gasteiger partial charge in [-0.2, -0.15) is 0 Å². The van der Waals surface area contributed by atoms with Crippen molar-refractivity contribution in [3.8, 4) is 5.75 Å². The zero-order valence-electron chi connectivity index (χ0n) is 15.7. The molecule has 1 aliphatic rings. The van der Waals surface area contributed by atoms with Gasteiger partial charge >= 0.3 is 0 Å². The fourth-order valence-corrected chi connectivity index (χ4v) is 4.79. The molecule has 4 rings (SSSR count). The molecule has 2 aromatic heterocycles. The third-order valence-corrected chi connectivity index (χ3v) is 5.89. The molecule has 3 aromatic rings. The van der Waals surface area contributed by atoms with Gasteiger partial charge in [-0.05, 0) is 38.1 Å². The van der Waals surface area contributed by atoms with Crippen molar-refractivity contribution in [3.05, 3.63) is 46.0 Å². The number of fused-ring (bicyclic) bond motifs is 2. The Kier molecular flexibility index (Phi) is 4.82. The van der Waals surface area contributed by atoms with E-state index >= 15 is 0 Å². The molecule has 0 unspecified atom stereocenters. The Labute approximate surface area is 166 Å². The second kappa shape index (κ2) is 7.29. The highest BCUT2D eigenvalue weighted by molar-refractivity contribution is 7.17. The molecule has 0 spiro atoms. The van der Waals surface area contributed by atoms with Gasteiger partial charge in [-0.25, -0.2) is 0 Å². The average molecular weight is 399 g/mol. The molecule has 7 nitrogen and oxygen atoms in total. The second-order valence-corrected chi connectivity index (χ2v) is 7.84. The molecule has 0 saturated heterocycles. The number of hydrogen-bond acceptors (Lipinski definition) is 6. The Morgan fingerprint density at radius 3 is 2.96 bits per heavy atom. The van der Waals surface area contributed by atoms with Crippen molar-refractivity contribution < 1.29 is 18.7 Å². The summed E-state index contributed by atoms with van der Waals surface area (Å²) in [6, 6.07) is 7.16. The SMILES string of the molecule is CCOc1cccc2cc(C(=O)Nc3sc4c(c3C(N)=O)CCN(C)C4)oc12. The molecule has 0 fully saturated rings. The maximum atomic E-state index is 12.8. The maximum Gasteiger partial charge on any atom is 0.292 e. The minimum absolute atomic E-state index is 0.154. The van der Waals surface area contributed by atoms with Gasteiger partial charge in [0.25, 0.3) is 11.8 Å². The van der Waals surface area contributed by atoms with Crippen LogP contribution in [0.4, 0.5) is 5.00 Å². The zero-order valence-corrected chi connectivity index (χ0v) is 16.5. The van der Waals surface area contributed by atoms with E-state index in [0.717, 1.165) is 35.3 Å². The number of furan rings is 1. The number of ether oxygens (including phenoxy) is 1. The number of likely N-dealkylation sites (N-methyl/N-ethyl adjacent to an activating group) is 1. The van der Waals surface area contributed by atoms with Gasteiger partial charge in [-0.15, -0.1) is 11.3 Å². The molecule has 0 bridgehead atoms. The number of thiophene rings is 1. The standard InChI is InChI=1S/C20H21N3O4S/c1-3-26-13-6-4-5-11-9-14(27-17(11)13)19(25)22-20-16(18(21)24)12-7-8-23(2)10-15(12)28-20/h4-6,9H,3,7-8,10H2,1-2H3,(H2,21,24)(H,22,25). The van der Waals surface area contributed by atoms with Crippen LogP contribution in [0, 0.1) is 0 Å². The number of carbonyl (C=O) groups is 2. The van der Waals surface area contributed by atoms with Crippen LogP contribution < -0.4 is 15.8 Å². The Morgan fingerprint density at radius 2 is 2.21 bits per heavy atom. The largest absolute Gasteiger partial charge is 0.490 e. The lowest BCUT2D eigenvalue weighted by molar-refractivity contribution is 0.0999. The third kappa shape index (κ3) is 3.25. The monoisotopic (exact) mass is 399 g/mol. The highest BCUT2D eigenvalue weighted by Gasteiger charge is 2.27. The van der Waals surface area contributed by atoms with E-state index in [9.17, 15) is 9.59 Å². The summed E-state index contributed by atoms with van der Waals surface area (Å²) in [5, 5.41) is 4.07. The van der Waals surface area contributed by atoms with Gasteiger partial charge in [-0.1, -0.05) is 12.1 Å². The van der Waals surface area contributed by atoms with Crippen molar-refractivity contribution in [3.63, 3.8) is 0 Å². The summed E-state index contributed by atoms with van der Waals surface area (Å²) in [4.78, 5) is 28.1. The molecule has 0 radical (unpaired) electrons. The summed E-state index contributed by atoms with van der Waals surface area (Å²) in [5.41, 5.74) is 7.48. The maximum absolute atomic E-state index is 12.8. The van der Waals surface area contributed by atoms with Gasteiger partial charge < -0.3 is 25.1 Å². The predicted octanol–water partition coefficient (Wildman–Crippen LogP) is 3.23. The molecule has 0 atom stereocenters. The highest BCUT2D eigenvalue weighted by Crippen LogP contribution is 2.37. The number of amides is 2. The van der Waals surface area contributed by atoms with E-state index in [-0.39, 0.29) is 5.76 Å². The molecular formula is C20H21N3O4S. The second-order valence-electron chi connectivity index (χ2n) is 6.73. The summed E-state index contributed by atoms with van der Waals surface area (Å²) in [7, 11) is 2.02. The first kappa shape index (κ1) is 18.5. The quantitative estimate of drug-likeness (QED) is 0.686. The van der Waals surface area contributed by atoms with Crippen LogP contribution in [0.15, 0.2) is 28.7 Å². The van der Waals surface area contributed by atoms with Crippen LogP contribution >= 0.6 is 11.3 Å². The molecule has 1 aromatic carbocycles. The van der Waals surface area contributed by atoms with Crippen LogP contribution in [0.2, 0.25) is 0 Å². The first-order valence-electron chi connectivity index (χ1n) is 9.07. The Bertz CT molecular complexity index is 1070. The van der Waals surface area contributed by atoms with Gasteiger partial charge in [0.1, 0.15) is 5.00 Å².